The number of benzene rings is 1. The quantitative estimate of drug-likeness (QED) is 0.730. The largest absolute Gasteiger partial charge is 0.314 e. The molecule has 2 heterocycles. The van der Waals surface area contributed by atoms with Crippen molar-refractivity contribution in [2.45, 2.75) is 0 Å². The summed E-state index contributed by atoms with van der Waals surface area (Å²) < 4.78 is 0. The fourth-order valence-corrected chi connectivity index (χ4v) is 1.88. The average Bonchev–Trinajstić information content (AvgIpc) is 2.82. The van der Waals surface area contributed by atoms with Gasteiger partial charge in [0, 0.05) is 5.39 Å². The van der Waals surface area contributed by atoms with Crippen LogP contribution in [0, 0.1) is 0 Å². The van der Waals surface area contributed by atoms with Crippen molar-refractivity contribution < 1.29 is 0 Å². The van der Waals surface area contributed by atoms with Crippen LogP contribution in [0.3, 0.4) is 0 Å². The van der Waals surface area contributed by atoms with Gasteiger partial charge in [-0.15, -0.1) is 10.2 Å². The standard InChI is InChI=1S/C10H7N5S/c1-2-4-8-7(3-1)9(12-5-11-8)14-10-15-13-6-16-10/h1-6H,(H,11,12,14,15). The number of fused-ring (bicyclic) bond motifs is 1. The number of para-hydroxylation sites is 1. The van der Waals surface area contributed by atoms with Gasteiger partial charge in [-0.3, -0.25) is 0 Å². The van der Waals surface area contributed by atoms with Crippen LogP contribution in [0.15, 0.2) is 36.1 Å². The van der Waals surface area contributed by atoms with Gasteiger partial charge in [0.15, 0.2) is 0 Å². The van der Waals surface area contributed by atoms with E-state index in [-0.39, 0.29) is 0 Å². The SMILES string of the molecule is c1ccc2c(Nc3nncs3)ncnc2c1. The first-order valence-electron chi connectivity index (χ1n) is 4.66. The van der Waals surface area contributed by atoms with Crippen molar-refractivity contribution in [1.29, 1.82) is 0 Å². The number of nitrogens with zero attached hydrogens (tertiary/aromatic N) is 4. The van der Waals surface area contributed by atoms with Crippen molar-refractivity contribution in [3.05, 3.63) is 36.1 Å². The van der Waals surface area contributed by atoms with Crippen molar-refractivity contribution in [3.63, 3.8) is 0 Å². The molecule has 0 amide bonds. The van der Waals surface area contributed by atoms with Gasteiger partial charge < -0.3 is 5.32 Å². The van der Waals surface area contributed by atoms with E-state index >= 15 is 0 Å². The van der Waals surface area contributed by atoms with E-state index in [1.54, 1.807) is 5.51 Å². The topological polar surface area (TPSA) is 63.6 Å². The maximum atomic E-state index is 4.20. The molecule has 0 atom stereocenters. The molecule has 1 aromatic carbocycles. The third-order valence-electron chi connectivity index (χ3n) is 2.13. The van der Waals surface area contributed by atoms with Crippen molar-refractivity contribution in [2.24, 2.45) is 0 Å². The Morgan fingerprint density at radius 3 is 2.94 bits per heavy atom. The van der Waals surface area contributed by atoms with E-state index in [2.05, 4.69) is 25.5 Å². The molecule has 0 fully saturated rings. The minimum atomic E-state index is 0.726. The Labute approximate surface area is 95.2 Å². The lowest BCUT2D eigenvalue weighted by molar-refractivity contribution is 1.09. The number of anilines is 2. The first kappa shape index (κ1) is 9.17. The van der Waals surface area contributed by atoms with Crippen LogP contribution < -0.4 is 5.32 Å². The van der Waals surface area contributed by atoms with Gasteiger partial charge >= 0.3 is 0 Å². The number of rotatable bonds is 2. The number of hydrogen-bond acceptors (Lipinski definition) is 6. The Hall–Kier alpha value is -2.08. The Morgan fingerprint density at radius 2 is 2.06 bits per heavy atom. The van der Waals surface area contributed by atoms with Crippen molar-refractivity contribution in [3.8, 4) is 0 Å². The van der Waals surface area contributed by atoms with Crippen molar-refractivity contribution in [1.82, 2.24) is 20.2 Å². The molecule has 2 aromatic heterocycles. The fraction of sp³-hybridized carbons (Fsp3) is 0. The van der Waals surface area contributed by atoms with Gasteiger partial charge in [0.1, 0.15) is 17.7 Å². The summed E-state index contributed by atoms with van der Waals surface area (Å²) in [6, 6.07) is 7.82. The first-order chi connectivity index (χ1) is 7.93. The second-order valence-electron chi connectivity index (χ2n) is 3.11. The Bertz CT molecular complexity index is 602. The van der Waals surface area contributed by atoms with E-state index in [0.29, 0.717) is 0 Å². The van der Waals surface area contributed by atoms with Crippen LogP contribution in [0.1, 0.15) is 0 Å². The van der Waals surface area contributed by atoms with Gasteiger partial charge in [-0.1, -0.05) is 23.5 Å². The number of nitrogens with one attached hydrogen (secondary N) is 1. The molecule has 3 aromatic rings. The normalized spacial score (nSPS) is 10.5. The molecule has 16 heavy (non-hydrogen) atoms. The second-order valence-corrected chi connectivity index (χ2v) is 3.94. The zero-order valence-electron chi connectivity index (χ0n) is 8.16. The number of hydrogen-bond donors (Lipinski definition) is 1. The zero-order chi connectivity index (χ0) is 10.8. The molecule has 0 aliphatic rings. The molecule has 0 saturated heterocycles. The van der Waals surface area contributed by atoms with Crippen LogP contribution in [0.25, 0.3) is 10.9 Å². The van der Waals surface area contributed by atoms with E-state index in [1.165, 1.54) is 17.7 Å². The van der Waals surface area contributed by atoms with Crippen LogP contribution in [0.5, 0.6) is 0 Å². The van der Waals surface area contributed by atoms with Gasteiger partial charge in [-0.05, 0) is 12.1 Å². The summed E-state index contributed by atoms with van der Waals surface area (Å²) in [4.78, 5) is 8.39. The fourth-order valence-electron chi connectivity index (χ4n) is 1.43. The highest BCUT2D eigenvalue weighted by molar-refractivity contribution is 7.13. The monoisotopic (exact) mass is 229 g/mol. The molecule has 0 unspecified atom stereocenters. The summed E-state index contributed by atoms with van der Waals surface area (Å²) in [6.07, 6.45) is 1.53. The summed E-state index contributed by atoms with van der Waals surface area (Å²) in [7, 11) is 0. The predicted molar refractivity (Wildman–Crippen MR) is 62.7 cm³/mol. The Balaban J connectivity index is 2.10. The summed E-state index contributed by atoms with van der Waals surface area (Å²) in [5.41, 5.74) is 2.58. The molecule has 0 saturated carbocycles. The maximum Gasteiger partial charge on any atom is 0.211 e. The summed E-state index contributed by atoms with van der Waals surface area (Å²) in [5.74, 6) is 0.752. The van der Waals surface area contributed by atoms with Crippen molar-refractivity contribution in [2.75, 3.05) is 5.32 Å². The molecule has 6 heteroatoms. The second kappa shape index (κ2) is 3.82. The lowest BCUT2D eigenvalue weighted by atomic mass is 10.2. The third-order valence-corrected chi connectivity index (χ3v) is 2.73. The molecule has 0 aliphatic carbocycles. The highest BCUT2D eigenvalue weighted by Crippen LogP contribution is 2.22. The highest BCUT2D eigenvalue weighted by Gasteiger charge is 2.04. The van der Waals surface area contributed by atoms with Crippen molar-refractivity contribution >= 4 is 33.2 Å². The average molecular weight is 229 g/mol. The van der Waals surface area contributed by atoms with Gasteiger partial charge in [0.2, 0.25) is 5.13 Å². The third kappa shape index (κ3) is 1.59. The van der Waals surface area contributed by atoms with E-state index in [1.807, 2.05) is 24.3 Å². The van der Waals surface area contributed by atoms with E-state index in [9.17, 15) is 0 Å². The van der Waals surface area contributed by atoms with Gasteiger partial charge in [0.25, 0.3) is 0 Å². The van der Waals surface area contributed by atoms with E-state index in [0.717, 1.165) is 21.9 Å². The van der Waals surface area contributed by atoms with E-state index < -0.39 is 0 Å². The molecule has 78 valence electrons. The van der Waals surface area contributed by atoms with Crippen LogP contribution in [0.2, 0.25) is 0 Å². The predicted octanol–water partition coefficient (Wildman–Crippen LogP) is 2.22. The molecular formula is C10H7N5S. The smallest absolute Gasteiger partial charge is 0.211 e. The summed E-state index contributed by atoms with van der Waals surface area (Å²) in [5, 5.41) is 12.5. The molecule has 0 spiro atoms. The molecule has 3 rings (SSSR count). The summed E-state index contributed by atoms with van der Waals surface area (Å²) >= 11 is 1.43. The van der Waals surface area contributed by atoms with Gasteiger partial charge in [0.05, 0.1) is 5.52 Å². The molecular weight excluding hydrogens is 222 g/mol. The maximum absolute atomic E-state index is 4.20. The van der Waals surface area contributed by atoms with Crippen LogP contribution >= 0.6 is 11.3 Å². The minimum Gasteiger partial charge on any atom is -0.314 e. The van der Waals surface area contributed by atoms with Crippen LogP contribution in [0.4, 0.5) is 10.9 Å². The lowest BCUT2D eigenvalue weighted by Crippen LogP contribution is -1.95. The zero-order valence-corrected chi connectivity index (χ0v) is 8.98. The molecule has 0 aliphatic heterocycles. The molecule has 0 radical (unpaired) electrons. The lowest BCUT2D eigenvalue weighted by Gasteiger charge is -2.04. The van der Waals surface area contributed by atoms with Crippen LogP contribution in [-0.4, -0.2) is 20.2 Å². The highest BCUT2D eigenvalue weighted by atomic mass is 32.1. The first-order valence-corrected chi connectivity index (χ1v) is 5.54. The Morgan fingerprint density at radius 1 is 1.12 bits per heavy atom. The number of aromatic nitrogens is 4. The molecule has 0 bridgehead atoms. The van der Waals surface area contributed by atoms with E-state index in [4.69, 9.17) is 0 Å². The summed E-state index contributed by atoms with van der Waals surface area (Å²) in [6.45, 7) is 0. The Kier molecular flexibility index (Phi) is 2.19. The van der Waals surface area contributed by atoms with Gasteiger partial charge in [-0.25, -0.2) is 9.97 Å². The molecule has 5 nitrogen and oxygen atoms in total. The minimum absolute atomic E-state index is 0.726. The van der Waals surface area contributed by atoms with Gasteiger partial charge in [-0.2, -0.15) is 0 Å². The molecule has 1 N–H and O–H groups in total. The van der Waals surface area contributed by atoms with Crippen LogP contribution in [-0.2, 0) is 0 Å².